The number of rotatable bonds is 3. The molecule has 0 spiro atoms. The molecule has 0 radical (unpaired) electrons. The van der Waals surface area contributed by atoms with Gasteiger partial charge < -0.3 is 4.42 Å². The van der Waals surface area contributed by atoms with Gasteiger partial charge in [0.05, 0.1) is 0 Å². The first-order chi connectivity index (χ1) is 8.42. The first-order valence-electron chi connectivity index (χ1n) is 5.82. The average molecular weight is 247 g/mol. The fourth-order valence-electron chi connectivity index (χ4n) is 2.02. The van der Waals surface area contributed by atoms with Gasteiger partial charge in [0.2, 0.25) is 5.89 Å². The summed E-state index contributed by atoms with van der Waals surface area (Å²) in [7, 11) is 0. The lowest BCUT2D eigenvalue weighted by Crippen LogP contribution is -1.92. The first kappa shape index (κ1) is 10.8. The van der Waals surface area contributed by atoms with E-state index in [4.69, 9.17) is 4.42 Å². The predicted molar refractivity (Wildman–Crippen MR) is 65.6 cm³/mol. The molecule has 1 aliphatic carbocycles. The Hall–Kier alpha value is -1.36. The fourth-order valence-corrected chi connectivity index (χ4v) is 3.09. The molecule has 0 saturated heterocycles. The number of aromatic nitrogens is 3. The Kier molecular flexibility index (Phi) is 3.09. The number of hydrogen-bond acceptors (Lipinski definition) is 5. The van der Waals surface area contributed by atoms with E-state index in [0.29, 0.717) is 16.4 Å². The molecule has 0 atom stereocenters. The zero-order valence-corrected chi connectivity index (χ0v) is 10.2. The second-order valence-electron chi connectivity index (χ2n) is 4.13. The lowest BCUT2D eigenvalue weighted by Gasteiger charge is -2.02. The Bertz CT molecular complexity index is 480. The summed E-state index contributed by atoms with van der Waals surface area (Å²) in [6.45, 7) is 0. The molecule has 1 saturated carbocycles. The van der Waals surface area contributed by atoms with Crippen LogP contribution in [0.15, 0.2) is 34.2 Å². The summed E-state index contributed by atoms with van der Waals surface area (Å²) in [6.07, 6.45) is 8.62. The van der Waals surface area contributed by atoms with Crippen LogP contribution >= 0.6 is 11.8 Å². The van der Waals surface area contributed by atoms with Crippen LogP contribution in [-0.4, -0.2) is 20.4 Å². The smallest absolute Gasteiger partial charge is 0.277 e. The van der Waals surface area contributed by atoms with E-state index >= 15 is 0 Å². The largest absolute Gasteiger partial charge is 0.411 e. The van der Waals surface area contributed by atoms with E-state index in [2.05, 4.69) is 15.2 Å². The van der Waals surface area contributed by atoms with Gasteiger partial charge in [-0.2, -0.15) is 0 Å². The third kappa shape index (κ3) is 2.49. The van der Waals surface area contributed by atoms with E-state index in [0.717, 1.165) is 5.56 Å². The van der Waals surface area contributed by atoms with E-state index in [1.54, 1.807) is 24.2 Å². The van der Waals surface area contributed by atoms with E-state index in [-0.39, 0.29) is 0 Å². The van der Waals surface area contributed by atoms with Crippen LogP contribution < -0.4 is 0 Å². The van der Waals surface area contributed by atoms with Crippen molar-refractivity contribution in [3.63, 3.8) is 0 Å². The highest BCUT2D eigenvalue weighted by atomic mass is 32.2. The van der Waals surface area contributed by atoms with Crippen molar-refractivity contribution in [2.45, 2.75) is 36.2 Å². The second-order valence-corrected chi connectivity index (χ2v) is 5.38. The molecule has 2 aromatic heterocycles. The molecule has 0 amide bonds. The molecule has 2 aromatic rings. The molecule has 4 nitrogen and oxygen atoms in total. The van der Waals surface area contributed by atoms with Crippen molar-refractivity contribution < 1.29 is 4.42 Å². The summed E-state index contributed by atoms with van der Waals surface area (Å²) in [5.74, 6) is 0.577. The number of pyridine rings is 1. The van der Waals surface area contributed by atoms with Crippen LogP contribution in [0, 0.1) is 0 Å². The highest BCUT2D eigenvalue weighted by Gasteiger charge is 2.19. The Labute approximate surface area is 104 Å². The Morgan fingerprint density at radius 2 is 1.88 bits per heavy atom. The van der Waals surface area contributed by atoms with Crippen molar-refractivity contribution >= 4 is 11.8 Å². The van der Waals surface area contributed by atoms with Gasteiger partial charge in [-0.15, -0.1) is 10.2 Å². The maximum absolute atomic E-state index is 5.64. The summed E-state index contributed by atoms with van der Waals surface area (Å²) in [6, 6.07) is 3.75. The lowest BCUT2D eigenvalue weighted by molar-refractivity contribution is 0.464. The molecule has 5 heteroatoms. The van der Waals surface area contributed by atoms with Crippen molar-refractivity contribution in [1.29, 1.82) is 0 Å². The van der Waals surface area contributed by atoms with Crippen LogP contribution in [-0.2, 0) is 0 Å². The van der Waals surface area contributed by atoms with Crippen molar-refractivity contribution in [3.05, 3.63) is 24.5 Å². The lowest BCUT2D eigenvalue weighted by atomic mass is 10.3. The van der Waals surface area contributed by atoms with Crippen molar-refractivity contribution in [1.82, 2.24) is 15.2 Å². The van der Waals surface area contributed by atoms with Crippen LogP contribution in [0.5, 0.6) is 0 Å². The highest BCUT2D eigenvalue weighted by molar-refractivity contribution is 7.99. The number of hydrogen-bond donors (Lipinski definition) is 0. The summed E-state index contributed by atoms with van der Waals surface area (Å²) in [5.41, 5.74) is 0.922. The fraction of sp³-hybridized carbons (Fsp3) is 0.417. The molecule has 0 unspecified atom stereocenters. The third-order valence-electron chi connectivity index (χ3n) is 2.90. The minimum Gasteiger partial charge on any atom is -0.411 e. The summed E-state index contributed by atoms with van der Waals surface area (Å²) < 4.78 is 5.64. The first-order valence-corrected chi connectivity index (χ1v) is 6.70. The molecule has 0 N–H and O–H groups in total. The Balaban J connectivity index is 1.74. The monoisotopic (exact) mass is 247 g/mol. The van der Waals surface area contributed by atoms with Crippen LogP contribution in [0.25, 0.3) is 11.5 Å². The maximum atomic E-state index is 5.64. The predicted octanol–water partition coefficient (Wildman–Crippen LogP) is 3.17. The second kappa shape index (κ2) is 4.87. The van der Waals surface area contributed by atoms with Gasteiger partial charge in [-0.05, 0) is 25.0 Å². The van der Waals surface area contributed by atoms with Crippen molar-refractivity contribution in [3.8, 4) is 11.5 Å². The molecule has 3 rings (SSSR count). The average Bonchev–Trinajstić information content (AvgIpc) is 3.02. The molecule has 17 heavy (non-hydrogen) atoms. The van der Waals surface area contributed by atoms with E-state index in [1.165, 1.54) is 25.7 Å². The van der Waals surface area contributed by atoms with Gasteiger partial charge in [0.25, 0.3) is 5.22 Å². The van der Waals surface area contributed by atoms with Gasteiger partial charge in [0, 0.05) is 23.2 Å². The molecule has 1 aliphatic rings. The van der Waals surface area contributed by atoms with E-state index in [1.807, 2.05) is 12.1 Å². The maximum Gasteiger partial charge on any atom is 0.277 e. The molecule has 2 heterocycles. The molecule has 0 aromatic carbocycles. The van der Waals surface area contributed by atoms with Gasteiger partial charge in [-0.25, -0.2) is 0 Å². The molecule has 0 aliphatic heterocycles. The van der Waals surface area contributed by atoms with Gasteiger partial charge >= 0.3 is 0 Å². The number of thioether (sulfide) groups is 1. The van der Waals surface area contributed by atoms with Gasteiger partial charge in [-0.3, -0.25) is 4.98 Å². The minimum atomic E-state index is 0.577. The minimum absolute atomic E-state index is 0.577. The summed E-state index contributed by atoms with van der Waals surface area (Å²) in [4.78, 5) is 3.97. The molecular weight excluding hydrogens is 234 g/mol. The molecule has 88 valence electrons. The summed E-state index contributed by atoms with van der Waals surface area (Å²) >= 11 is 1.71. The zero-order valence-electron chi connectivity index (χ0n) is 9.37. The van der Waals surface area contributed by atoms with Crippen molar-refractivity contribution in [2.75, 3.05) is 0 Å². The van der Waals surface area contributed by atoms with Crippen LogP contribution in [0.2, 0.25) is 0 Å². The van der Waals surface area contributed by atoms with Crippen LogP contribution in [0.4, 0.5) is 0 Å². The van der Waals surface area contributed by atoms with Crippen LogP contribution in [0.1, 0.15) is 25.7 Å². The zero-order chi connectivity index (χ0) is 11.5. The Morgan fingerprint density at radius 3 is 2.65 bits per heavy atom. The van der Waals surface area contributed by atoms with E-state index in [9.17, 15) is 0 Å². The third-order valence-corrected chi connectivity index (χ3v) is 4.07. The highest BCUT2D eigenvalue weighted by Crippen LogP contribution is 2.34. The van der Waals surface area contributed by atoms with Crippen LogP contribution in [0.3, 0.4) is 0 Å². The van der Waals surface area contributed by atoms with E-state index < -0.39 is 0 Å². The molecule has 1 fully saturated rings. The normalized spacial score (nSPS) is 16.5. The summed E-state index contributed by atoms with van der Waals surface area (Å²) in [5, 5.41) is 9.48. The molecule has 0 bridgehead atoms. The Morgan fingerprint density at radius 1 is 1.12 bits per heavy atom. The number of nitrogens with zero attached hydrogens (tertiary/aromatic N) is 3. The van der Waals surface area contributed by atoms with Gasteiger partial charge in [0.15, 0.2) is 0 Å². The SMILES string of the molecule is c1cc(-c2nnc(SC3CCCC3)o2)ccn1. The standard InChI is InChI=1S/C12H13N3OS/c1-2-4-10(3-1)17-12-15-14-11(16-12)9-5-7-13-8-6-9/h5-8,10H,1-4H2. The molecular formula is C12H13N3OS. The van der Waals surface area contributed by atoms with Crippen molar-refractivity contribution in [2.24, 2.45) is 0 Å². The van der Waals surface area contributed by atoms with Gasteiger partial charge in [-0.1, -0.05) is 24.6 Å². The topological polar surface area (TPSA) is 51.8 Å². The quantitative estimate of drug-likeness (QED) is 0.833. The van der Waals surface area contributed by atoms with Gasteiger partial charge in [0.1, 0.15) is 0 Å².